The van der Waals surface area contributed by atoms with E-state index in [1.807, 2.05) is 0 Å². The third kappa shape index (κ3) is 4.26. The summed E-state index contributed by atoms with van der Waals surface area (Å²) in [5.74, 6) is -0.0979. The molecule has 0 aliphatic rings. The van der Waals surface area contributed by atoms with Gasteiger partial charge in [0.25, 0.3) is 0 Å². The maximum Gasteiger partial charge on any atom is 0.416 e. The van der Waals surface area contributed by atoms with Crippen molar-refractivity contribution in [3.63, 3.8) is 0 Å². The van der Waals surface area contributed by atoms with E-state index in [0.717, 1.165) is 18.4 Å². The van der Waals surface area contributed by atoms with Crippen LogP contribution in [-0.4, -0.2) is 24.8 Å². The molecule has 0 fully saturated rings. The second kappa shape index (κ2) is 5.45. The monoisotopic (exact) mass is 321 g/mol. The maximum atomic E-state index is 12.6. The van der Waals surface area contributed by atoms with Gasteiger partial charge in [-0.3, -0.25) is 0 Å². The molecule has 0 aliphatic heterocycles. The Hall–Kier alpha value is -1.94. The molecule has 0 atom stereocenters. The van der Waals surface area contributed by atoms with Gasteiger partial charge in [0.15, 0.2) is 0 Å². The fraction of sp³-hybridized carbons (Fsp3) is 0.273. The molecule has 1 aromatic carbocycles. The van der Waals surface area contributed by atoms with E-state index in [1.54, 1.807) is 0 Å². The number of aromatic nitrogens is 2. The summed E-state index contributed by atoms with van der Waals surface area (Å²) in [6.07, 6.45) is -3.52. The van der Waals surface area contributed by atoms with Crippen molar-refractivity contribution < 1.29 is 26.1 Å². The molecular weight excluding hydrogens is 311 g/mol. The Morgan fingerprint density at radius 3 is 2.67 bits per heavy atom. The van der Waals surface area contributed by atoms with Crippen LogP contribution in [0, 0.1) is 0 Å². The highest BCUT2D eigenvalue weighted by molar-refractivity contribution is 7.88. The average molecular weight is 321 g/mol. The summed E-state index contributed by atoms with van der Waals surface area (Å²) in [5, 5.41) is 3.52. The first-order valence-electron chi connectivity index (χ1n) is 5.60. The topological polar surface area (TPSA) is 85.1 Å². The van der Waals surface area contributed by atoms with Gasteiger partial charge in [0.1, 0.15) is 0 Å². The van der Waals surface area contributed by atoms with Gasteiger partial charge in [-0.05, 0) is 12.1 Å². The lowest BCUT2D eigenvalue weighted by Gasteiger charge is -2.06. The summed E-state index contributed by atoms with van der Waals surface area (Å²) < 4.78 is 66.5. The van der Waals surface area contributed by atoms with Crippen molar-refractivity contribution in [3.05, 3.63) is 35.7 Å². The Kier molecular flexibility index (Phi) is 4.01. The predicted octanol–water partition coefficient (Wildman–Crippen LogP) is 1.80. The fourth-order valence-electron chi connectivity index (χ4n) is 1.47. The zero-order valence-corrected chi connectivity index (χ0v) is 11.5. The van der Waals surface area contributed by atoms with Gasteiger partial charge >= 0.3 is 6.18 Å². The van der Waals surface area contributed by atoms with Crippen LogP contribution in [0.2, 0.25) is 0 Å². The molecule has 0 amide bonds. The van der Waals surface area contributed by atoms with Crippen LogP contribution in [0.3, 0.4) is 0 Å². The van der Waals surface area contributed by atoms with Crippen molar-refractivity contribution in [2.24, 2.45) is 0 Å². The molecule has 0 unspecified atom stereocenters. The van der Waals surface area contributed by atoms with Crippen LogP contribution in [0.5, 0.6) is 0 Å². The Morgan fingerprint density at radius 2 is 2.05 bits per heavy atom. The lowest BCUT2D eigenvalue weighted by molar-refractivity contribution is -0.137. The second-order valence-electron chi connectivity index (χ2n) is 4.18. The molecule has 2 rings (SSSR count). The summed E-state index contributed by atoms with van der Waals surface area (Å²) in [7, 11) is -3.43. The number of alkyl halides is 3. The maximum absolute atomic E-state index is 12.6. The average Bonchev–Trinajstić information content (AvgIpc) is 2.83. The molecule has 0 aliphatic carbocycles. The highest BCUT2D eigenvalue weighted by Crippen LogP contribution is 2.31. The largest absolute Gasteiger partial charge is 0.416 e. The van der Waals surface area contributed by atoms with Crippen LogP contribution >= 0.6 is 0 Å². The van der Waals surface area contributed by atoms with Crippen molar-refractivity contribution in [2.45, 2.75) is 12.7 Å². The summed E-state index contributed by atoms with van der Waals surface area (Å²) >= 11 is 0. The number of nitrogens with zero attached hydrogens (tertiary/aromatic N) is 2. The van der Waals surface area contributed by atoms with E-state index in [2.05, 4.69) is 14.9 Å². The normalized spacial score (nSPS) is 12.6. The summed E-state index contributed by atoms with van der Waals surface area (Å²) in [5.41, 5.74) is -0.709. The van der Waals surface area contributed by atoms with Gasteiger partial charge in [-0.1, -0.05) is 17.3 Å². The zero-order chi connectivity index (χ0) is 15.7. The summed E-state index contributed by atoms with van der Waals surface area (Å²) in [4.78, 5) is 3.83. The molecule has 0 radical (unpaired) electrons. The molecule has 1 heterocycles. The molecule has 0 saturated heterocycles. The number of benzene rings is 1. The first-order chi connectivity index (χ1) is 9.65. The van der Waals surface area contributed by atoms with Gasteiger partial charge in [0, 0.05) is 5.56 Å². The van der Waals surface area contributed by atoms with Crippen LogP contribution in [0.15, 0.2) is 28.8 Å². The van der Waals surface area contributed by atoms with Crippen molar-refractivity contribution >= 4 is 10.0 Å². The van der Waals surface area contributed by atoms with Crippen LogP contribution in [-0.2, 0) is 22.7 Å². The van der Waals surface area contributed by atoms with E-state index in [4.69, 9.17) is 4.52 Å². The van der Waals surface area contributed by atoms with Crippen molar-refractivity contribution in [3.8, 4) is 11.4 Å². The molecule has 0 saturated carbocycles. The van der Waals surface area contributed by atoms with Crippen LogP contribution < -0.4 is 4.72 Å². The molecule has 1 aromatic heterocycles. The van der Waals surface area contributed by atoms with E-state index in [9.17, 15) is 21.6 Å². The highest BCUT2D eigenvalue weighted by atomic mass is 32.2. The Balaban J connectivity index is 2.22. The number of rotatable bonds is 4. The van der Waals surface area contributed by atoms with Crippen LogP contribution in [0.4, 0.5) is 13.2 Å². The minimum atomic E-state index is -4.47. The van der Waals surface area contributed by atoms with Crippen molar-refractivity contribution in [1.82, 2.24) is 14.9 Å². The van der Waals surface area contributed by atoms with Crippen LogP contribution in [0.1, 0.15) is 11.5 Å². The Labute approximate surface area is 118 Å². The summed E-state index contributed by atoms with van der Waals surface area (Å²) in [6, 6.07) is 4.44. The first-order valence-corrected chi connectivity index (χ1v) is 7.49. The molecule has 114 valence electrons. The Morgan fingerprint density at radius 1 is 1.33 bits per heavy atom. The summed E-state index contributed by atoms with van der Waals surface area (Å²) in [6.45, 7) is -0.231. The van der Waals surface area contributed by atoms with E-state index in [-0.39, 0.29) is 23.8 Å². The Bertz CT molecular complexity index is 740. The van der Waals surface area contributed by atoms with Crippen molar-refractivity contribution in [1.29, 1.82) is 0 Å². The zero-order valence-electron chi connectivity index (χ0n) is 10.7. The van der Waals surface area contributed by atoms with Crippen LogP contribution in [0.25, 0.3) is 11.4 Å². The fourth-order valence-corrected chi connectivity index (χ4v) is 1.86. The predicted molar refractivity (Wildman–Crippen MR) is 66.4 cm³/mol. The first kappa shape index (κ1) is 15.4. The number of nitrogens with one attached hydrogen (secondary N) is 1. The van der Waals surface area contributed by atoms with E-state index in [0.29, 0.717) is 0 Å². The molecular formula is C11H10F3N3O3S. The molecule has 1 N–H and O–H groups in total. The number of hydrogen-bond donors (Lipinski definition) is 1. The van der Waals surface area contributed by atoms with E-state index < -0.39 is 21.8 Å². The standard InChI is InChI=1S/C11H10F3N3O3S/c1-21(18,19)15-6-9-16-10(17-20-9)7-3-2-4-8(5-7)11(12,13)14/h2-5,15H,6H2,1H3. The van der Waals surface area contributed by atoms with Gasteiger partial charge in [0.05, 0.1) is 18.4 Å². The molecule has 0 bridgehead atoms. The molecule has 2 aromatic rings. The number of sulfonamides is 1. The second-order valence-corrected chi connectivity index (χ2v) is 6.02. The quantitative estimate of drug-likeness (QED) is 0.928. The van der Waals surface area contributed by atoms with Crippen molar-refractivity contribution in [2.75, 3.05) is 6.26 Å². The van der Waals surface area contributed by atoms with Gasteiger partial charge in [-0.25, -0.2) is 13.1 Å². The van der Waals surface area contributed by atoms with Gasteiger partial charge in [-0.2, -0.15) is 18.2 Å². The molecule has 10 heteroatoms. The van der Waals surface area contributed by atoms with Gasteiger partial charge < -0.3 is 4.52 Å². The SMILES string of the molecule is CS(=O)(=O)NCc1nc(-c2cccc(C(F)(F)F)c2)no1. The molecule has 6 nitrogen and oxygen atoms in total. The lowest BCUT2D eigenvalue weighted by atomic mass is 10.1. The van der Waals surface area contributed by atoms with E-state index >= 15 is 0 Å². The highest BCUT2D eigenvalue weighted by Gasteiger charge is 2.30. The lowest BCUT2D eigenvalue weighted by Crippen LogP contribution is -2.21. The minimum absolute atomic E-state index is 0.0483. The molecule has 21 heavy (non-hydrogen) atoms. The van der Waals surface area contributed by atoms with E-state index in [1.165, 1.54) is 12.1 Å². The number of hydrogen-bond acceptors (Lipinski definition) is 5. The smallest absolute Gasteiger partial charge is 0.338 e. The number of halogens is 3. The van der Waals surface area contributed by atoms with Gasteiger partial charge in [0.2, 0.25) is 21.7 Å². The van der Waals surface area contributed by atoms with Gasteiger partial charge in [-0.15, -0.1) is 0 Å². The minimum Gasteiger partial charge on any atom is -0.338 e. The third-order valence-corrected chi connectivity index (χ3v) is 3.07. The molecule has 0 spiro atoms. The third-order valence-electron chi connectivity index (χ3n) is 2.40.